The fourth-order valence-corrected chi connectivity index (χ4v) is 1.76. The van der Waals surface area contributed by atoms with Crippen LogP contribution in [0.4, 0.5) is 0 Å². The predicted molar refractivity (Wildman–Crippen MR) is 67.8 cm³/mol. The van der Waals surface area contributed by atoms with Crippen LogP contribution in [0.1, 0.15) is 6.92 Å². The molecule has 0 aliphatic rings. The third-order valence-electron chi connectivity index (χ3n) is 2.73. The Kier molecular flexibility index (Phi) is 3.37. The molecule has 1 heterocycles. The van der Waals surface area contributed by atoms with Gasteiger partial charge in [-0.2, -0.15) is 0 Å². The van der Waals surface area contributed by atoms with Gasteiger partial charge in [0.2, 0.25) is 5.91 Å². The summed E-state index contributed by atoms with van der Waals surface area (Å²) >= 11 is 0. The summed E-state index contributed by atoms with van der Waals surface area (Å²) in [4.78, 5) is 36.6. The summed E-state index contributed by atoms with van der Waals surface area (Å²) in [5.74, 6) is -1.65. The van der Waals surface area contributed by atoms with E-state index in [-0.39, 0.29) is 6.54 Å². The van der Waals surface area contributed by atoms with E-state index < -0.39 is 23.6 Å². The van der Waals surface area contributed by atoms with Crippen molar-refractivity contribution in [1.29, 1.82) is 0 Å². The highest BCUT2D eigenvalue weighted by Crippen LogP contribution is 2.08. The quantitative estimate of drug-likeness (QED) is 0.717. The molecule has 7 heteroatoms. The number of aromatic nitrogens is 2. The number of nitrogens with one attached hydrogen (secondary N) is 2. The van der Waals surface area contributed by atoms with Gasteiger partial charge in [0.05, 0.1) is 11.0 Å². The first-order chi connectivity index (χ1) is 8.99. The fraction of sp³-hybridized carbons (Fsp3) is 0.250. The van der Waals surface area contributed by atoms with Gasteiger partial charge in [-0.15, -0.1) is 0 Å². The number of carbonyl (C=O) groups is 2. The number of H-pyrrole nitrogens is 1. The Morgan fingerprint density at radius 3 is 2.79 bits per heavy atom. The second-order valence-corrected chi connectivity index (χ2v) is 4.16. The molecule has 19 heavy (non-hydrogen) atoms. The van der Waals surface area contributed by atoms with Crippen molar-refractivity contribution in [3.8, 4) is 0 Å². The van der Waals surface area contributed by atoms with Crippen molar-refractivity contribution in [2.45, 2.75) is 19.5 Å². The van der Waals surface area contributed by atoms with Gasteiger partial charge in [0.1, 0.15) is 12.6 Å². The van der Waals surface area contributed by atoms with Gasteiger partial charge in [0, 0.05) is 0 Å². The van der Waals surface area contributed by atoms with E-state index in [4.69, 9.17) is 5.11 Å². The number of rotatable bonds is 4. The molecule has 0 aliphatic heterocycles. The van der Waals surface area contributed by atoms with E-state index in [0.717, 1.165) is 0 Å². The second-order valence-electron chi connectivity index (χ2n) is 4.16. The van der Waals surface area contributed by atoms with Gasteiger partial charge in [0.15, 0.2) is 0 Å². The average molecular weight is 263 g/mol. The molecule has 0 saturated heterocycles. The molecular weight excluding hydrogens is 250 g/mol. The molecule has 3 N–H and O–H groups in total. The highest BCUT2D eigenvalue weighted by molar-refractivity contribution is 5.84. The Balaban J connectivity index is 2.22. The number of nitrogens with zero attached hydrogens (tertiary/aromatic N) is 1. The van der Waals surface area contributed by atoms with Gasteiger partial charge >= 0.3 is 11.7 Å². The number of carboxylic acids is 1. The summed E-state index contributed by atoms with van der Waals surface area (Å²) in [5.41, 5.74) is 0.830. The first-order valence-corrected chi connectivity index (χ1v) is 5.69. The van der Waals surface area contributed by atoms with Crippen LogP contribution in [0.2, 0.25) is 0 Å². The van der Waals surface area contributed by atoms with Crippen LogP contribution in [0.3, 0.4) is 0 Å². The number of carbonyl (C=O) groups excluding carboxylic acids is 1. The number of benzene rings is 1. The summed E-state index contributed by atoms with van der Waals surface area (Å²) < 4.78 is 1.26. The van der Waals surface area contributed by atoms with Crippen LogP contribution >= 0.6 is 0 Å². The van der Waals surface area contributed by atoms with Gasteiger partial charge < -0.3 is 15.4 Å². The Bertz CT molecular complexity index is 686. The van der Waals surface area contributed by atoms with E-state index in [1.165, 1.54) is 11.5 Å². The molecular formula is C12H13N3O4. The van der Waals surface area contributed by atoms with Crippen LogP contribution < -0.4 is 11.0 Å². The SMILES string of the molecule is CC(NC(=O)Cn1c(=O)[nH]c2ccccc21)C(=O)O. The largest absolute Gasteiger partial charge is 0.480 e. The molecule has 1 aromatic carbocycles. The number of amides is 1. The van der Waals surface area contributed by atoms with E-state index in [2.05, 4.69) is 10.3 Å². The zero-order valence-electron chi connectivity index (χ0n) is 10.2. The Hall–Kier alpha value is -2.57. The molecule has 1 atom stereocenters. The summed E-state index contributed by atoms with van der Waals surface area (Å²) in [6.07, 6.45) is 0. The fourth-order valence-electron chi connectivity index (χ4n) is 1.76. The number of para-hydroxylation sites is 2. The number of fused-ring (bicyclic) bond motifs is 1. The number of aliphatic carboxylic acids is 1. The van der Waals surface area contributed by atoms with E-state index in [1.807, 2.05) is 0 Å². The van der Waals surface area contributed by atoms with Crippen LogP contribution in [0.5, 0.6) is 0 Å². The number of hydrogen-bond acceptors (Lipinski definition) is 3. The van der Waals surface area contributed by atoms with Gasteiger partial charge in [0.25, 0.3) is 0 Å². The van der Waals surface area contributed by atoms with Crippen molar-refractivity contribution >= 4 is 22.9 Å². The van der Waals surface area contributed by atoms with Crippen molar-refractivity contribution in [3.63, 3.8) is 0 Å². The van der Waals surface area contributed by atoms with Gasteiger partial charge in [-0.05, 0) is 19.1 Å². The molecule has 0 radical (unpaired) electrons. The Labute approximate surface area is 107 Å². The maximum absolute atomic E-state index is 11.7. The zero-order chi connectivity index (χ0) is 14.0. The predicted octanol–water partition coefficient (Wildman–Crippen LogP) is -0.0811. The third-order valence-corrected chi connectivity index (χ3v) is 2.73. The first-order valence-electron chi connectivity index (χ1n) is 5.69. The monoisotopic (exact) mass is 263 g/mol. The molecule has 0 saturated carbocycles. The van der Waals surface area contributed by atoms with Crippen molar-refractivity contribution in [1.82, 2.24) is 14.9 Å². The van der Waals surface area contributed by atoms with Gasteiger partial charge in [-0.3, -0.25) is 14.2 Å². The number of hydrogen-bond donors (Lipinski definition) is 3. The summed E-state index contributed by atoms with van der Waals surface area (Å²) in [7, 11) is 0. The Morgan fingerprint density at radius 2 is 2.11 bits per heavy atom. The average Bonchev–Trinajstić information content (AvgIpc) is 2.66. The standard InChI is InChI=1S/C12H13N3O4/c1-7(11(17)18)13-10(16)6-15-9-5-3-2-4-8(9)14-12(15)19/h2-5,7H,6H2,1H3,(H,13,16)(H,14,19)(H,17,18). The number of carboxylic acid groups (broad SMARTS) is 1. The topological polar surface area (TPSA) is 104 Å². The lowest BCUT2D eigenvalue weighted by molar-refractivity contribution is -0.141. The molecule has 2 aromatic rings. The summed E-state index contributed by atoms with van der Waals surface area (Å²) in [6.45, 7) is 1.14. The molecule has 1 aromatic heterocycles. The van der Waals surface area contributed by atoms with E-state index in [1.54, 1.807) is 24.3 Å². The van der Waals surface area contributed by atoms with Crippen LogP contribution in [0.15, 0.2) is 29.1 Å². The highest BCUT2D eigenvalue weighted by atomic mass is 16.4. The molecule has 1 amide bonds. The minimum Gasteiger partial charge on any atom is -0.480 e. The maximum Gasteiger partial charge on any atom is 0.326 e. The molecule has 0 bridgehead atoms. The molecule has 7 nitrogen and oxygen atoms in total. The number of imidazole rings is 1. The lowest BCUT2D eigenvalue weighted by Gasteiger charge is -2.09. The van der Waals surface area contributed by atoms with E-state index in [9.17, 15) is 14.4 Å². The molecule has 0 fully saturated rings. The second kappa shape index (κ2) is 4.97. The number of aromatic amines is 1. The molecule has 100 valence electrons. The Morgan fingerprint density at radius 1 is 1.42 bits per heavy atom. The first kappa shape index (κ1) is 12.9. The maximum atomic E-state index is 11.7. The van der Waals surface area contributed by atoms with Gasteiger partial charge in [-0.1, -0.05) is 12.1 Å². The molecule has 0 spiro atoms. The minimum atomic E-state index is -1.13. The smallest absolute Gasteiger partial charge is 0.326 e. The van der Waals surface area contributed by atoms with Crippen molar-refractivity contribution < 1.29 is 14.7 Å². The van der Waals surface area contributed by atoms with Crippen molar-refractivity contribution in [2.75, 3.05) is 0 Å². The lowest BCUT2D eigenvalue weighted by Crippen LogP contribution is -2.41. The third kappa shape index (κ3) is 2.65. The van der Waals surface area contributed by atoms with Crippen LogP contribution in [-0.4, -0.2) is 32.6 Å². The van der Waals surface area contributed by atoms with Crippen LogP contribution in [-0.2, 0) is 16.1 Å². The molecule has 0 aliphatic carbocycles. The van der Waals surface area contributed by atoms with E-state index >= 15 is 0 Å². The van der Waals surface area contributed by atoms with Crippen molar-refractivity contribution in [2.24, 2.45) is 0 Å². The normalized spacial score (nSPS) is 12.3. The highest BCUT2D eigenvalue weighted by Gasteiger charge is 2.16. The van der Waals surface area contributed by atoms with Crippen LogP contribution in [0, 0.1) is 0 Å². The lowest BCUT2D eigenvalue weighted by atomic mass is 10.3. The molecule has 2 rings (SSSR count). The zero-order valence-corrected chi connectivity index (χ0v) is 10.2. The van der Waals surface area contributed by atoms with E-state index in [0.29, 0.717) is 11.0 Å². The summed E-state index contributed by atoms with van der Waals surface area (Å²) in [5, 5.41) is 11.0. The van der Waals surface area contributed by atoms with Crippen LogP contribution in [0.25, 0.3) is 11.0 Å². The summed E-state index contributed by atoms with van der Waals surface area (Å²) in [6, 6.07) is 5.97. The molecule has 1 unspecified atom stereocenters. The van der Waals surface area contributed by atoms with Gasteiger partial charge in [-0.25, -0.2) is 4.79 Å². The van der Waals surface area contributed by atoms with Crippen molar-refractivity contribution in [3.05, 3.63) is 34.7 Å². The minimum absolute atomic E-state index is 0.222.